The molecule has 0 saturated heterocycles. The standard InChI is InChI=1S/C13H10FNO/c1-9-4-2-3-5-10(9)13(16)11-6-7-15-8-12(11)14/h2-8H,1H3. The second kappa shape index (κ2) is 4.23. The molecule has 0 bridgehead atoms. The van der Waals surface area contributed by atoms with E-state index in [1.807, 2.05) is 19.1 Å². The van der Waals surface area contributed by atoms with E-state index in [2.05, 4.69) is 4.98 Å². The molecule has 2 rings (SSSR count). The number of aryl methyl sites for hydroxylation is 1. The van der Waals surface area contributed by atoms with Gasteiger partial charge in [0.2, 0.25) is 0 Å². The predicted octanol–water partition coefficient (Wildman–Crippen LogP) is 2.76. The van der Waals surface area contributed by atoms with E-state index in [4.69, 9.17) is 0 Å². The van der Waals surface area contributed by atoms with Crippen LogP contribution < -0.4 is 0 Å². The number of rotatable bonds is 2. The number of hydrogen-bond acceptors (Lipinski definition) is 2. The number of carbonyl (C=O) groups excluding carboxylic acids is 1. The minimum atomic E-state index is -0.587. The molecule has 0 saturated carbocycles. The number of hydrogen-bond donors (Lipinski definition) is 0. The van der Waals surface area contributed by atoms with E-state index in [-0.39, 0.29) is 11.3 Å². The zero-order valence-corrected chi connectivity index (χ0v) is 8.77. The smallest absolute Gasteiger partial charge is 0.196 e. The van der Waals surface area contributed by atoms with Crippen LogP contribution in [0.25, 0.3) is 0 Å². The average Bonchev–Trinajstić information content (AvgIpc) is 2.29. The minimum absolute atomic E-state index is 0.0595. The van der Waals surface area contributed by atoms with Gasteiger partial charge in [-0.3, -0.25) is 9.78 Å². The number of aromatic nitrogens is 1. The average molecular weight is 215 g/mol. The van der Waals surface area contributed by atoms with Crippen molar-refractivity contribution in [3.8, 4) is 0 Å². The van der Waals surface area contributed by atoms with Crippen molar-refractivity contribution in [2.45, 2.75) is 6.92 Å². The number of benzene rings is 1. The quantitative estimate of drug-likeness (QED) is 0.721. The van der Waals surface area contributed by atoms with Gasteiger partial charge in [-0.15, -0.1) is 0 Å². The molecule has 0 aliphatic heterocycles. The first-order valence-corrected chi connectivity index (χ1v) is 4.90. The fourth-order valence-corrected chi connectivity index (χ4v) is 1.53. The van der Waals surface area contributed by atoms with Crippen molar-refractivity contribution < 1.29 is 9.18 Å². The third-order valence-corrected chi connectivity index (χ3v) is 2.41. The van der Waals surface area contributed by atoms with Gasteiger partial charge in [-0.05, 0) is 18.6 Å². The minimum Gasteiger partial charge on any atom is -0.288 e. The van der Waals surface area contributed by atoms with Crippen molar-refractivity contribution in [3.05, 3.63) is 65.2 Å². The Morgan fingerprint density at radius 2 is 1.94 bits per heavy atom. The van der Waals surface area contributed by atoms with Crippen LogP contribution in [0, 0.1) is 12.7 Å². The first-order valence-electron chi connectivity index (χ1n) is 4.90. The Hall–Kier alpha value is -2.03. The molecule has 0 unspecified atom stereocenters. The summed E-state index contributed by atoms with van der Waals surface area (Å²) < 4.78 is 13.4. The van der Waals surface area contributed by atoms with E-state index in [1.165, 1.54) is 12.3 Å². The Bertz CT molecular complexity index is 489. The molecule has 0 aliphatic carbocycles. The Morgan fingerprint density at radius 1 is 1.19 bits per heavy atom. The molecule has 16 heavy (non-hydrogen) atoms. The molecule has 2 aromatic rings. The summed E-state index contributed by atoms with van der Waals surface area (Å²) in [5, 5.41) is 0. The molecular weight excluding hydrogens is 205 g/mol. The van der Waals surface area contributed by atoms with Crippen molar-refractivity contribution in [2.24, 2.45) is 0 Å². The summed E-state index contributed by atoms with van der Waals surface area (Å²) in [7, 11) is 0. The fraction of sp³-hybridized carbons (Fsp3) is 0.0769. The molecule has 1 aromatic heterocycles. The van der Waals surface area contributed by atoms with Gasteiger partial charge >= 0.3 is 0 Å². The second-order valence-electron chi connectivity index (χ2n) is 3.50. The highest BCUT2D eigenvalue weighted by molar-refractivity contribution is 6.09. The topological polar surface area (TPSA) is 30.0 Å². The molecule has 0 radical (unpaired) electrons. The van der Waals surface area contributed by atoms with Crippen molar-refractivity contribution >= 4 is 5.78 Å². The molecule has 0 amide bonds. The van der Waals surface area contributed by atoms with Gasteiger partial charge in [0.15, 0.2) is 11.6 Å². The van der Waals surface area contributed by atoms with Gasteiger partial charge in [0.1, 0.15) is 0 Å². The molecule has 0 spiro atoms. The maximum absolute atomic E-state index is 13.4. The van der Waals surface area contributed by atoms with Crippen LogP contribution in [0.4, 0.5) is 4.39 Å². The van der Waals surface area contributed by atoms with Gasteiger partial charge in [0.05, 0.1) is 11.8 Å². The lowest BCUT2D eigenvalue weighted by molar-refractivity contribution is 0.103. The molecule has 0 N–H and O–H groups in total. The SMILES string of the molecule is Cc1ccccc1C(=O)c1ccncc1F. The highest BCUT2D eigenvalue weighted by atomic mass is 19.1. The number of pyridine rings is 1. The van der Waals surface area contributed by atoms with Crippen LogP contribution >= 0.6 is 0 Å². The largest absolute Gasteiger partial charge is 0.288 e. The number of halogens is 1. The molecule has 0 fully saturated rings. The molecule has 2 nitrogen and oxygen atoms in total. The molecule has 3 heteroatoms. The van der Waals surface area contributed by atoms with Gasteiger partial charge in [0.25, 0.3) is 0 Å². The fourth-order valence-electron chi connectivity index (χ4n) is 1.53. The van der Waals surface area contributed by atoms with Gasteiger partial charge < -0.3 is 0 Å². The zero-order chi connectivity index (χ0) is 11.5. The maximum atomic E-state index is 13.4. The Kier molecular flexibility index (Phi) is 2.77. The van der Waals surface area contributed by atoms with Crippen molar-refractivity contribution in [1.82, 2.24) is 4.98 Å². The second-order valence-corrected chi connectivity index (χ2v) is 3.50. The highest BCUT2D eigenvalue weighted by Crippen LogP contribution is 2.15. The molecular formula is C13H10FNO. The summed E-state index contributed by atoms with van der Waals surface area (Å²) in [6.45, 7) is 1.83. The lowest BCUT2D eigenvalue weighted by Crippen LogP contribution is -2.06. The summed E-state index contributed by atoms with van der Waals surface area (Å²) in [5.41, 5.74) is 1.42. The van der Waals surface area contributed by atoms with E-state index in [0.29, 0.717) is 5.56 Å². The molecule has 0 atom stereocenters. The van der Waals surface area contributed by atoms with Crippen molar-refractivity contribution in [3.63, 3.8) is 0 Å². The van der Waals surface area contributed by atoms with Crippen molar-refractivity contribution in [1.29, 1.82) is 0 Å². The third-order valence-electron chi connectivity index (χ3n) is 2.41. The van der Waals surface area contributed by atoms with E-state index in [1.54, 1.807) is 12.1 Å². The normalized spacial score (nSPS) is 10.1. The van der Waals surface area contributed by atoms with Crippen LogP contribution in [0.3, 0.4) is 0 Å². The van der Waals surface area contributed by atoms with E-state index < -0.39 is 5.82 Å². The molecule has 80 valence electrons. The van der Waals surface area contributed by atoms with Gasteiger partial charge in [0, 0.05) is 11.8 Å². The van der Waals surface area contributed by atoms with Crippen LogP contribution in [0.15, 0.2) is 42.7 Å². The van der Waals surface area contributed by atoms with Crippen LogP contribution in [-0.2, 0) is 0 Å². The van der Waals surface area contributed by atoms with Gasteiger partial charge in [-0.25, -0.2) is 4.39 Å². The summed E-state index contributed by atoms with van der Waals surface area (Å²) in [4.78, 5) is 15.6. The van der Waals surface area contributed by atoms with Gasteiger partial charge in [-0.2, -0.15) is 0 Å². The summed E-state index contributed by atoms with van der Waals surface area (Å²) in [6.07, 6.45) is 2.46. The highest BCUT2D eigenvalue weighted by Gasteiger charge is 2.14. The Balaban J connectivity index is 2.48. The van der Waals surface area contributed by atoms with E-state index in [9.17, 15) is 9.18 Å². The van der Waals surface area contributed by atoms with Gasteiger partial charge in [-0.1, -0.05) is 24.3 Å². The third kappa shape index (κ3) is 1.84. The van der Waals surface area contributed by atoms with Crippen LogP contribution in [0.1, 0.15) is 21.5 Å². The Morgan fingerprint density at radius 3 is 2.62 bits per heavy atom. The first-order chi connectivity index (χ1) is 7.70. The molecule has 1 heterocycles. The predicted molar refractivity (Wildman–Crippen MR) is 58.8 cm³/mol. The zero-order valence-electron chi connectivity index (χ0n) is 8.77. The summed E-state index contributed by atoms with van der Waals surface area (Å²) >= 11 is 0. The monoisotopic (exact) mass is 215 g/mol. The van der Waals surface area contributed by atoms with Crippen molar-refractivity contribution in [2.75, 3.05) is 0 Å². The maximum Gasteiger partial charge on any atom is 0.196 e. The van der Waals surface area contributed by atoms with E-state index in [0.717, 1.165) is 11.8 Å². The van der Waals surface area contributed by atoms with Crippen LogP contribution in [0.5, 0.6) is 0 Å². The molecule has 0 aliphatic rings. The Labute approximate surface area is 92.8 Å². The van der Waals surface area contributed by atoms with Crippen LogP contribution in [-0.4, -0.2) is 10.8 Å². The lowest BCUT2D eigenvalue weighted by Gasteiger charge is -2.04. The summed E-state index contributed by atoms with van der Waals surface area (Å²) in [6, 6.07) is 8.52. The molecule has 1 aromatic carbocycles. The number of ketones is 1. The number of nitrogens with zero attached hydrogens (tertiary/aromatic N) is 1. The van der Waals surface area contributed by atoms with E-state index >= 15 is 0 Å². The lowest BCUT2D eigenvalue weighted by atomic mass is 10.00. The van der Waals surface area contributed by atoms with Crippen LogP contribution in [0.2, 0.25) is 0 Å². The number of carbonyl (C=O) groups is 1. The first kappa shape index (κ1) is 10.5. The summed E-state index contributed by atoms with van der Waals surface area (Å²) in [5.74, 6) is -0.895.